The Kier molecular flexibility index (Phi) is 4.18. The molecule has 1 N–H and O–H groups in total. The molecular formula is C6H11F3O3S. The Bertz CT molecular complexity index is 244. The highest BCUT2D eigenvalue weighted by Crippen LogP contribution is 2.23. The summed E-state index contributed by atoms with van der Waals surface area (Å²) in [5.74, 6) is -0.333. The Hall–Kier alpha value is -0.300. The first-order chi connectivity index (χ1) is 5.63. The van der Waals surface area contributed by atoms with Crippen molar-refractivity contribution in [3.63, 3.8) is 0 Å². The van der Waals surface area contributed by atoms with Gasteiger partial charge in [-0.3, -0.25) is 0 Å². The average Bonchev–Trinajstić information content (AvgIpc) is 1.82. The first kappa shape index (κ1) is 12.7. The number of alkyl halides is 3. The molecule has 0 aromatic carbocycles. The Morgan fingerprint density at radius 2 is 1.85 bits per heavy atom. The standard InChI is InChI=1S/C6H11F3O3S/c1-13(11,12)4-2-3-5(10)6(7,8)9/h5,10H,2-4H2,1H3/t5-/m1/s1. The van der Waals surface area contributed by atoms with Crippen LogP contribution >= 0.6 is 0 Å². The van der Waals surface area contributed by atoms with E-state index in [1.165, 1.54) is 0 Å². The maximum absolute atomic E-state index is 11.7. The van der Waals surface area contributed by atoms with Crippen molar-refractivity contribution < 1.29 is 26.7 Å². The Morgan fingerprint density at radius 3 is 2.15 bits per heavy atom. The van der Waals surface area contributed by atoms with E-state index in [1.807, 2.05) is 0 Å². The molecule has 80 valence electrons. The van der Waals surface area contributed by atoms with E-state index >= 15 is 0 Å². The summed E-state index contributed by atoms with van der Waals surface area (Å²) in [5.41, 5.74) is 0. The molecule has 0 bridgehead atoms. The number of aliphatic hydroxyl groups is 1. The lowest BCUT2D eigenvalue weighted by Crippen LogP contribution is -2.28. The largest absolute Gasteiger partial charge is 0.414 e. The summed E-state index contributed by atoms with van der Waals surface area (Å²) in [4.78, 5) is 0. The van der Waals surface area contributed by atoms with Crippen molar-refractivity contribution in [2.75, 3.05) is 12.0 Å². The zero-order valence-electron chi connectivity index (χ0n) is 7.00. The predicted octanol–water partition coefficient (Wildman–Crippen LogP) is 0.734. The fourth-order valence-electron chi connectivity index (χ4n) is 0.703. The van der Waals surface area contributed by atoms with Crippen LogP contribution in [-0.2, 0) is 9.84 Å². The number of sulfone groups is 1. The highest BCUT2D eigenvalue weighted by molar-refractivity contribution is 7.90. The fraction of sp³-hybridized carbons (Fsp3) is 1.00. The Balaban J connectivity index is 3.80. The van der Waals surface area contributed by atoms with Crippen LogP contribution in [0.25, 0.3) is 0 Å². The van der Waals surface area contributed by atoms with Crippen molar-refractivity contribution in [2.24, 2.45) is 0 Å². The number of hydrogen-bond donors (Lipinski definition) is 1. The summed E-state index contributed by atoms with van der Waals surface area (Å²) in [5, 5.41) is 8.46. The maximum Gasteiger partial charge on any atom is 0.414 e. The van der Waals surface area contributed by atoms with Crippen LogP contribution in [-0.4, -0.2) is 37.8 Å². The molecule has 0 fully saturated rings. The Labute approximate surface area is 74.5 Å². The molecule has 13 heavy (non-hydrogen) atoms. The second kappa shape index (κ2) is 4.28. The van der Waals surface area contributed by atoms with E-state index in [0.29, 0.717) is 0 Å². The molecule has 0 saturated carbocycles. The van der Waals surface area contributed by atoms with Crippen LogP contribution in [0.1, 0.15) is 12.8 Å². The first-order valence-corrected chi connectivity index (χ1v) is 5.61. The van der Waals surface area contributed by atoms with Crippen LogP contribution in [0.15, 0.2) is 0 Å². The van der Waals surface area contributed by atoms with Gasteiger partial charge in [-0.15, -0.1) is 0 Å². The maximum atomic E-state index is 11.7. The van der Waals surface area contributed by atoms with Crippen molar-refractivity contribution in [3.05, 3.63) is 0 Å². The van der Waals surface area contributed by atoms with Crippen molar-refractivity contribution in [3.8, 4) is 0 Å². The molecule has 1 atom stereocenters. The summed E-state index contributed by atoms with van der Waals surface area (Å²) >= 11 is 0. The van der Waals surface area contributed by atoms with Gasteiger partial charge in [0.1, 0.15) is 15.9 Å². The van der Waals surface area contributed by atoms with Gasteiger partial charge < -0.3 is 5.11 Å². The van der Waals surface area contributed by atoms with E-state index in [2.05, 4.69) is 0 Å². The summed E-state index contributed by atoms with van der Waals surface area (Å²) in [7, 11) is -3.24. The second-order valence-corrected chi connectivity index (χ2v) is 5.09. The molecule has 0 heterocycles. The molecule has 0 spiro atoms. The van der Waals surface area contributed by atoms with Crippen LogP contribution in [0.2, 0.25) is 0 Å². The molecule has 0 aromatic heterocycles. The lowest BCUT2D eigenvalue weighted by Gasteiger charge is -2.13. The van der Waals surface area contributed by atoms with E-state index in [9.17, 15) is 21.6 Å². The quantitative estimate of drug-likeness (QED) is 0.760. The van der Waals surface area contributed by atoms with Gasteiger partial charge in [-0.2, -0.15) is 13.2 Å². The van der Waals surface area contributed by atoms with Gasteiger partial charge in [0.15, 0.2) is 0 Å². The van der Waals surface area contributed by atoms with E-state index in [-0.39, 0.29) is 12.2 Å². The molecule has 0 rings (SSSR count). The van der Waals surface area contributed by atoms with E-state index in [4.69, 9.17) is 5.11 Å². The lowest BCUT2D eigenvalue weighted by molar-refractivity contribution is -0.205. The number of aliphatic hydroxyl groups excluding tert-OH is 1. The zero-order chi connectivity index (χ0) is 10.7. The molecule has 0 unspecified atom stereocenters. The zero-order valence-corrected chi connectivity index (χ0v) is 7.82. The summed E-state index contributed by atoms with van der Waals surface area (Å²) in [6.45, 7) is 0. The van der Waals surface area contributed by atoms with Crippen LogP contribution in [0.3, 0.4) is 0 Å². The van der Waals surface area contributed by atoms with Crippen molar-refractivity contribution in [1.29, 1.82) is 0 Å². The van der Waals surface area contributed by atoms with Crippen LogP contribution in [0.5, 0.6) is 0 Å². The van der Waals surface area contributed by atoms with Gasteiger partial charge in [0.25, 0.3) is 0 Å². The number of rotatable bonds is 4. The minimum Gasteiger partial charge on any atom is -0.384 e. The van der Waals surface area contributed by atoms with Gasteiger partial charge in [-0.05, 0) is 12.8 Å². The van der Waals surface area contributed by atoms with Crippen molar-refractivity contribution in [2.45, 2.75) is 25.1 Å². The monoisotopic (exact) mass is 220 g/mol. The van der Waals surface area contributed by atoms with Gasteiger partial charge in [0, 0.05) is 12.0 Å². The molecule has 0 aliphatic carbocycles. The van der Waals surface area contributed by atoms with Gasteiger partial charge in [-0.25, -0.2) is 8.42 Å². The van der Waals surface area contributed by atoms with Gasteiger partial charge in [-0.1, -0.05) is 0 Å². The lowest BCUT2D eigenvalue weighted by atomic mass is 10.2. The third-order valence-electron chi connectivity index (χ3n) is 1.37. The van der Waals surface area contributed by atoms with Gasteiger partial charge >= 0.3 is 6.18 Å². The third-order valence-corrected chi connectivity index (χ3v) is 2.40. The number of halogens is 3. The highest BCUT2D eigenvalue weighted by atomic mass is 32.2. The molecule has 0 aromatic rings. The minimum absolute atomic E-state index is 0.181. The molecular weight excluding hydrogens is 209 g/mol. The Morgan fingerprint density at radius 1 is 1.38 bits per heavy atom. The van der Waals surface area contributed by atoms with E-state index < -0.39 is 28.5 Å². The third kappa shape index (κ3) is 6.83. The molecule has 3 nitrogen and oxygen atoms in total. The van der Waals surface area contributed by atoms with Crippen LogP contribution in [0.4, 0.5) is 13.2 Å². The normalized spacial score (nSPS) is 15.8. The van der Waals surface area contributed by atoms with Crippen molar-refractivity contribution in [1.82, 2.24) is 0 Å². The smallest absolute Gasteiger partial charge is 0.384 e. The molecule has 7 heteroatoms. The predicted molar refractivity (Wildman–Crippen MR) is 41.0 cm³/mol. The molecule has 0 aliphatic heterocycles. The number of hydrogen-bond acceptors (Lipinski definition) is 3. The molecule has 0 amide bonds. The minimum atomic E-state index is -4.66. The SMILES string of the molecule is CS(=O)(=O)CCC[C@@H](O)C(F)(F)F. The summed E-state index contributed by atoms with van der Waals surface area (Å²) in [6, 6.07) is 0. The second-order valence-electron chi connectivity index (χ2n) is 2.83. The summed E-state index contributed by atoms with van der Waals surface area (Å²) in [6.07, 6.45) is -6.89. The van der Waals surface area contributed by atoms with Gasteiger partial charge in [0.05, 0.1) is 0 Å². The topological polar surface area (TPSA) is 54.4 Å². The van der Waals surface area contributed by atoms with Crippen LogP contribution in [0, 0.1) is 0 Å². The van der Waals surface area contributed by atoms with Crippen molar-refractivity contribution >= 4 is 9.84 Å². The molecule has 0 saturated heterocycles. The van der Waals surface area contributed by atoms with Gasteiger partial charge in [0.2, 0.25) is 0 Å². The molecule has 0 aliphatic rings. The van der Waals surface area contributed by atoms with Crippen LogP contribution < -0.4 is 0 Å². The summed E-state index contributed by atoms with van der Waals surface area (Å²) < 4.78 is 56.0. The highest BCUT2D eigenvalue weighted by Gasteiger charge is 2.37. The first-order valence-electron chi connectivity index (χ1n) is 3.55. The van der Waals surface area contributed by atoms with E-state index in [0.717, 1.165) is 6.26 Å². The fourth-order valence-corrected chi connectivity index (χ4v) is 1.39. The molecule has 0 radical (unpaired) electrons. The van der Waals surface area contributed by atoms with E-state index in [1.54, 1.807) is 0 Å². The average molecular weight is 220 g/mol.